The molecule has 1 aliphatic carbocycles. The van der Waals surface area contributed by atoms with Gasteiger partial charge in [-0.05, 0) is 66.8 Å². The number of carbonyl (C=O) groups excluding carboxylic acids is 1. The average Bonchev–Trinajstić information content (AvgIpc) is 3.39. The van der Waals surface area contributed by atoms with Crippen LogP contribution in [-0.4, -0.2) is 45.0 Å². The van der Waals surface area contributed by atoms with Gasteiger partial charge in [-0.1, -0.05) is 31.0 Å². The van der Waals surface area contributed by atoms with Gasteiger partial charge in [-0.3, -0.25) is 4.79 Å². The SMILES string of the molecule is Cc1cc(NC(=O)CSc2nnnn2C2CCCCC2)ccc1N1CCCC1. The normalized spacial score (nSPS) is 17.8. The van der Waals surface area contributed by atoms with Crippen molar-refractivity contribution in [2.24, 2.45) is 0 Å². The number of aromatic nitrogens is 4. The number of carbonyl (C=O) groups is 1. The Morgan fingerprint density at radius 1 is 1.18 bits per heavy atom. The summed E-state index contributed by atoms with van der Waals surface area (Å²) in [6.07, 6.45) is 8.50. The Morgan fingerprint density at radius 2 is 1.96 bits per heavy atom. The molecular weight excluding hydrogens is 372 g/mol. The zero-order valence-electron chi connectivity index (χ0n) is 16.4. The summed E-state index contributed by atoms with van der Waals surface area (Å²) in [4.78, 5) is 14.8. The van der Waals surface area contributed by atoms with Crippen molar-refractivity contribution in [3.8, 4) is 0 Å². The van der Waals surface area contributed by atoms with Crippen LogP contribution in [0.2, 0.25) is 0 Å². The van der Waals surface area contributed by atoms with Crippen LogP contribution in [0.3, 0.4) is 0 Å². The molecule has 0 atom stereocenters. The number of benzene rings is 1. The molecule has 150 valence electrons. The van der Waals surface area contributed by atoms with Crippen molar-refractivity contribution in [3.05, 3.63) is 23.8 Å². The van der Waals surface area contributed by atoms with Crippen LogP contribution in [-0.2, 0) is 4.79 Å². The van der Waals surface area contributed by atoms with Crippen molar-refractivity contribution in [2.45, 2.75) is 63.1 Å². The number of nitrogens with zero attached hydrogens (tertiary/aromatic N) is 5. The van der Waals surface area contributed by atoms with Crippen molar-refractivity contribution < 1.29 is 4.79 Å². The predicted octanol–water partition coefficient (Wildman–Crippen LogP) is 3.82. The van der Waals surface area contributed by atoms with Gasteiger partial charge in [0.15, 0.2) is 0 Å². The summed E-state index contributed by atoms with van der Waals surface area (Å²) < 4.78 is 1.91. The monoisotopic (exact) mass is 400 g/mol. The minimum Gasteiger partial charge on any atom is -0.371 e. The quantitative estimate of drug-likeness (QED) is 0.743. The lowest BCUT2D eigenvalue weighted by Crippen LogP contribution is -2.19. The molecule has 2 aromatic rings. The van der Waals surface area contributed by atoms with Gasteiger partial charge in [0.2, 0.25) is 11.1 Å². The maximum atomic E-state index is 12.4. The molecule has 1 saturated carbocycles. The lowest BCUT2D eigenvalue weighted by Gasteiger charge is -2.22. The van der Waals surface area contributed by atoms with Crippen LogP contribution in [0, 0.1) is 6.92 Å². The average molecular weight is 401 g/mol. The lowest BCUT2D eigenvalue weighted by molar-refractivity contribution is -0.113. The second-order valence-electron chi connectivity index (χ2n) is 7.73. The van der Waals surface area contributed by atoms with Crippen LogP contribution >= 0.6 is 11.8 Å². The highest BCUT2D eigenvalue weighted by atomic mass is 32.2. The minimum atomic E-state index is -0.0310. The maximum absolute atomic E-state index is 12.4. The van der Waals surface area contributed by atoms with Gasteiger partial charge in [-0.2, -0.15) is 0 Å². The second kappa shape index (κ2) is 8.94. The summed E-state index contributed by atoms with van der Waals surface area (Å²) in [5, 5.41) is 15.8. The number of anilines is 2. The van der Waals surface area contributed by atoms with Crippen LogP contribution in [0.15, 0.2) is 23.4 Å². The summed E-state index contributed by atoms with van der Waals surface area (Å²) in [7, 11) is 0. The minimum absolute atomic E-state index is 0.0310. The molecule has 0 radical (unpaired) electrons. The van der Waals surface area contributed by atoms with Crippen LogP contribution in [0.25, 0.3) is 0 Å². The molecule has 1 aromatic heterocycles. The number of thioether (sulfide) groups is 1. The van der Waals surface area contributed by atoms with Crippen LogP contribution in [0.5, 0.6) is 0 Å². The molecule has 2 fully saturated rings. The molecule has 28 heavy (non-hydrogen) atoms. The van der Waals surface area contributed by atoms with Crippen molar-refractivity contribution >= 4 is 29.0 Å². The molecule has 1 aromatic carbocycles. The molecule has 1 amide bonds. The number of hydrogen-bond donors (Lipinski definition) is 1. The molecule has 8 heteroatoms. The molecule has 4 rings (SSSR count). The third kappa shape index (κ3) is 4.48. The van der Waals surface area contributed by atoms with E-state index in [0.717, 1.165) is 36.8 Å². The Balaban J connectivity index is 1.32. The number of hydrogen-bond acceptors (Lipinski definition) is 6. The van der Waals surface area contributed by atoms with Crippen LogP contribution in [0.4, 0.5) is 11.4 Å². The standard InChI is InChI=1S/C20H28N6OS/c1-15-13-16(9-10-18(15)25-11-5-6-12-25)21-19(27)14-28-20-22-23-24-26(20)17-7-3-2-4-8-17/h9-10,13,17H,2-8,11-12,14H2,1H3,(H,21,27). The Kier molecular flexibility index (Phi) is 6.14. The molecule has 2 aliphatic rings. The first kappa shape index (κ1) is 19.2. The Bertz CT molecular complexity index is 811. The Morgan fingerprint density at radius 3 is 2.71 bits per heavy atom. The summed E-state index contributed by atoms with van der Waals surface area (Å²) in [6.45, 7) is 4.36. The van der Waals surface area contributed by atoms with E-state index in [-0.39, 0.29) is 5.91 Å². The lowest BCUT2D eigenvalue weighted by atomic mass is 9.96. The fourth-order valence-electron chi connectivity index (χ4n) is 4.21. The highest BCUT2D eigenvalue weighted by Gasteiger charge is 2.21. The maximum Gasteiger partial charge on any atom is 0.234 e. The zero-order chi connectivity index (χ0) is 19.3. The van der Waals surface area contributed by atoms with E-state index < -0.39 is 0 Å². The Hall–Kier alpha value is -2.09. The molecular formula is C20H28N6OS. The first-order chi connectivity index (χ1) is 13.7. The van der Waals surface area contributed by atoms with E-state index in [1.807, 2.05) is 10.7 Å². The van der Waals surface area contributed by atoms with Crippen molar-refractivity contribution in [1.82, 2.24) is 20.2 Å². The van der Waals surface area contributed by atoms with Gasteiger partial charge in [0.25, 0.3) is 0 Å². The zero-order valence-corrected chi connectivity index (χ0v) is 17.2. The van der Waals surface area contributed by atoms with Crippen molar-refractivity contribution in [1.29, 1.82) is 0 Å². The number of nitrogens with one attached hydrogen (secondary N) is 1. The van der Waals surface area contributed by atoms with Gasteiger partial charge in [0.1, 0.15) is 0 Å². The van der Waals surface area contributed by atoms with E-state index in [4.69, 9.17) is 0 Å². The highest BCUT2D eigenvalue weighted by Crippen LogP contribution is 2.30. The largest absolute Gasteiger partial charge is 0.371 e. The number of aryl methyl sites for hydroxylation is 1. The van der Waals surface area contributed by atoms with Crippen LogP contribution in [0.1, 0.15) is 56.6 Å². The molecule has 0 spiro atoms. The van der Waals surface area contributed by atoms with E-state index >= 15 is 0 Å². The third-order valence-electron chi connectivity index (χ3n) is 5.64. The van der Waals surface area contributed by atoms with Gasteiger partial charge in [-0.25, -0.2) is 4.68 Å². The molecule has 2 heterocycles. The number of amides is 1. The Labute approximate surface area is 170 Å². The van der Waals surface area contributed by atoms with Gasteiger partial charge < -0.3 is 10.2 Å². The van der Waals surface area contributed by atoms with Gasteiger partial charge >= 0.3 is 0 Å². The highest BCUT2D eigenvalue weighted by molar-refractivity contribution is 7.99. The van der Waals surface area contributed by atoms with Crippen molar-refractivity contribution in [2.75, 3.05) is 29.1 Å². The van der Waals surface area contributed by atoms with E-state index in [1.165, 1.54) is 55.1 Å². The van der Waals surface area contributed by atoms with E-state index in [9.17, 15) is 4.79 Å². The smallest absolute Gasteiger partial charge is 0.234 e. The third-order valence-corrected chi connectivity index (χ3v) is 6.58. The molecule has 1 aliphatic heterocycles. The van der Waals surface area contributed by atoms with Crippen molar-refractivity contribution in [3.63, 3.8) is 0 Å². The first-order valence-corrected chi connectivity index (χ1v) is 11.3. The van der Waals surface area contributed by atoms with Gasteiger partial charge in [0.05, 0.1) is 11.8 Å². The summed E-state index contributed by atoms with van der Waals surface area (Å²) in [5.74, 6) is 0.275. The molecule has 1 saturated heterocycles. The second-order valence-corrected chi connectivity index (χ2v) is 8.67. The number of rotatable bonds is 6. The number of tetrazole rings is 1. The van der Waals surface area contributed by atoms with E-state index in [1.54, 1.807) is 0 Å². The first-order valence-electron chi connectivity index (χ1n) is 10.3. The van der Waals surface area contributed by atoms with Crippen LogP contribution < -0.4 is 10.2 Å². The predicted molar refractivity (Wildman–Crippen MR) is 112 cm³/mol. The molecule has 7 nitrogen and oxygen atoms in total. The van der Waals surface area contributed by atoms with Gasteiger partial charge in [-0.15, -0.1) is 5.10 Å². The summed E-state index contributed by atoms with van der Waals surface area (Å²) in [5.41, 5.74) is 3.32. The van der Waals surface area contributed by atoms with Gasteiger partial charge in [0, 0.05) is 24.5 Å². The molecule has 0 unspecified atom stereocenters. The fourth-order valence-corrected chi connectivity index (χ4v) is 4.95. The summed E-state index contributed by atoms with van der Waals surface area (Å²) >= 11 is 1.41. The molecule has 1 N–H and O–H groups in total. The summed E-state index contributed by atoms with van der Waals surface area (Å²) in [6, 6.07) is 6.54. The fraction of sp³-hybridized carbons (Fsp3) is 0.600. The van der Waals surface area contributed by atoms with E-state index in [2.05, 4.69) is 44.8 Å². The van der Waals surface area contributed by atoms with E-state index in [0.29, 0.717) is 11.8 Å². The molecule has 0 bridgehead atoms. The topological polar surface area (TPSA) is 75.9 Å².